The number of rotatable bonds is 4. The molecule has 1 aromatic heterocycles. The molecule has 0 bridgehead atoms. The lowest BCUT2D eigenvalue weighted by Gasteiger charge is -2.09. The summed E-state index contributed by atoms with van der Waals surface area (Å²) >= 11 is 0. The van der Waals surface area contributed by atoms with Gasteiger partial charge in [-0.05, 0) is 24.1 Å². The van der Waals surface area contributed by atoms with Crippen LogP contribution in [0, 0.1) is 0 Å². The van der Waals surface area contributed by atoms with E-state index in [1.165, 1.54) is 11.1 Å². The van der Waals surface area contributed by atoms with Crippen molar-refractivity contribution in [2.45, 2.75) is 13.0 Å². The number of nitrogens with zero attached hydrogens (tertiary/aromatic N) is 2. The van der Waals surface area contributed by atoms with Crippen LogP contribution in [-0.4, -0.2) is 9.55 Å². The second-order valence-electron chi connectivity index (χ2n) is 5.68. The fraction of sp³-hybridized carbons (Fsp3) is 0.0952. The number of fused-ring (bicyclic) bond motifs is 1. The van der Waals surface area contributed by atoms with E-state index in [9.17, 15) is 0 Å². The molecule has 23 heavy (non-hydrogen) atoms. The molecular formula is C21H18N2. The Balaban J connectivity index is 1.77. The zero-order chi connectivity index (χ0) is 15.5. The highest BCUT2D eigenvalue weighted by molar-refractivity contribution is 5.80. The summed E-state index contributed by atoms with van der Waals surface area (Å²) in [6, 6.07) is 29.4. The van der Waals surface area contributed by atoms with E-state index in [0.717, 1.165) is 29.9 Å². The molecule has 2 heteroatoms. The van der Waals surface area contributed by atoms with Crippen molar-refractivity contribution in [3.05, 3.63) is 90.5 Å². The topological polar surface area (TPSA) is 17.8 Å². The van der Waals surface area contributed by atoms with Gasteiger partial charge in [-0.3, -0.25) is 0 Å². The molecule has 0 aliphatic carbocycles. The van der Waals surface area contributed by atoms with Crippen molar-refractivity contribution >= 4 is 11.0 Å². The lowest BCUT2D eigenvalue weighted by Crippen LogP contribution is -2.03. The number of hydrogen-bond donors (Lipinski definition) is 0. The standard InChI is InChI=1S/C21H18N2/c1-3-9-17(10-4-1)15-16-23-20-14-8-7-13-19(20)22-21(23)18-11-5-2-6-12-18/h1-14H,15-16H2. The lowest BCUT2D eigenvalue weighted by molar-refractivity contribution is 0.723. The fourth-order valence-corrected chi connectivity index (χ4v) is 3.00. The van der Waals surface area contributed by atoms with Crippen LogP contribution >= 0.6 is 0 Å². The SMILES string of the molecule is c1ccc(CCn2c(-c3ccccc3)nc3ccccc32)cc1. The molecule has 0 atom stereocenters. The Morgan fingerprint density at radius 2 is 1.35 bits per heavy atom. The number of benzene rings is 3. The van der Waals surface area contributed by atoms with E-state index in [1.807, 2.05) is 12.1 Å². The minimum Gasteiger partial charge on any atom is -0.324 e. The third kappa shape index (κ3) is 2.76. The number of aryl methyl sites for hydroxylation is 2. The highest BCUT2D eigenvalue weighted by atomic mass is 15.1. The molecule has 0 aliphatic heterocycles. The van der Waals surface area contributed by atoms with E-state index in [4.69, 9.17) is 4.98 Å². The van der Waals surface area contributed by atoms with Crippen molar-refractivity contribution in [1.29, 1.82) is 0 Å². The first-order valence-corrected chi connectivity index (χ1v) is 7.96. The summed E-state index contributed by atoms with van der Waals surface area (Å²) in [4.78, 5) is 4.86. The Morgan fingerprint density at radius 3 is 2.13 bits per heavy atom. The van der Waals surface area contributed by atoms with Crippen molar-refractivity contribution in [2.24, 2.45) is 0 Å². The van der Waals surface area contributed by atoms with Gasteiger partial charge in [0.05, 0.1) is 11.0 Å². The second kappa shape index (κ2) is 6.09. The zero-order valence-electron chi connectivity index (χ0n) is 12.9. The Kier molecular flexibility index (Phi) is 3.65. The van der Waals surface area contributed by atoms with Crippen LogP contribution in [-0.2, 0) is 13.0 Å². The van der Waals surface area contributed by atoms with Gasteiger partial charge in [-0.15, -0.1) is 0 Å². The number of imidazole rings is 1. The average Bonchev–Trinajstić information content (AvgIpc) is 3.00. The summed E-state index contributed by atoms with van der Waals surface area (Å²) in [7, 11) is 0. The van der Waals surface area contributed by atoms with Crippen LogP contribution in [0.2, 0.25) is 0 Å². The molecule has 0 fully saturated rings. The number of hydrogen-bond acceptors (Lipinski definition) is 1. The molecule has 0 saturated carbocycles. The molecule has 1 heterocycles. The van der Waals surface area contributed by atoms with Crippen LogP contribution in [0.3, 0.4) is 0 Å². The number of aromatic nitrogens is 2. The largest absolute Gasteiger partial charge is 0.324 e. The van der Waals surface area contributed by atoms with Gasteiger partial charge in [-0.1, -0.05) is 72.8 Å². The van der Waals surface area contributed by atoms with Crippen molar-refractivity contribution in [2.75, 3.05) is 0 Å². The monoisotopic (exact) mass is 298 g/mol. The smallest absolute Gasteiger partial charge is 0.141 e. The summed E-state index contributed by atoms with van der Waals surface area (Å²) in [5.41, 5.74) is 4.77. The van der Waals surface area contributed by atoms with Crippen LogP contribution < -0.4 is 0 Å². The van der Waals surface area contributed by atoms with E-state index >= 15 is 0 Å². The van der Waals surface area contributed by atoms with Crippen molar-refractivity contribution < 1.29 is 0 Å². The van der Waals surface area contributed by atoms with Gasteiger partial charge < -0.3 is 4.57 Å². The minimum absolute atomic E-state index is 0.925. The Hall–Kier alpha value is -2.87. The molecular weight excluding hydrogens is 280 g/mol. The molecule has 0 unspecified atom stereocenters. The van der Waals surface area contributed by atoms with E-state index in [2.05, 4.69) is 77.4 Å². The third-order valence-electron chi connectivity index (χ3n) is 4.15. The predicted molar refractivity (Wildman–Crippen MR) is 95.3 cm³/mol. The quantitative estimate of drug-likeness (QED) is 0.521. The van der Waals surface area contributed by atoms with Gasteiger partial charge in [0.1, 0.15) is 5.82 Å². The first-order chi connectivity index (χ1) is 11.4. The maximum absolute atomic E-state index is 4.86. The summed E-state index contributed by atoms with van der Waals surface area (Å²) in [6.45, 7) is 0.925. The molecule has 0 saturated heterocycles. The molecule has 0 N–H and O–H groups in total. The number of para-hydroxylation sites is 2. The molecule has 4 rings (SSSR count). The van der Waals surface area contributed by atoms with Crippen LogP contribution in [0.1, 0.15) is 5.56 Å². The Labute approximate surface area is 136 Å². The summed E-state index contributed by atoms with van der Waals surface area (Å²) in [5, 5.41) is 0. The molecule has 4 aromatic rings. The molecule has 0 radical (unpaired) electrons. The Morgan fingerprint density at radius 1 is 0.696 bits per heavy atom. The van der Waals surface area contributed by atoms with Crippen LogP contribution in [0.4, 0.5) is 0 Å². The molecule has 0 spiro atoms. The first-order valence-electron chi connectivity index (χ1n) is 7.96. The van der Waals surface area contributed by atoms with Crippen LogP contribution in [0.25, 0.3) is 22.4 Å². The molecule has 2 nitrogen and oxygen atoms in total. The second-order valence-corrected chi connectivity index (χ2v) is 5.68. The highest BCUT2D eigenvalue weighted by Crippen LogP contribution is 2.25. The molecule has 112 valence electrons. The van der Waals surface area contributed by atoms with Gasteiger partial charge in [0, 0.05) is 12.1 Å². The average molecular weight is 298 g/mol. The van der Waals surface area contributed by atoms with Gasteiger partial charge in [0.25, 0.3) is 0 Å². The van der Waals surface area contributed by atoms with E-state index in [0.29, 0.717) is 0 Å². The van der Waals surface area contributed by atoms with E-state index < -0.39 is 0 Å². The summed E-state index contributed by atoms with van der Waals surface area (Å²) < 4.78 is 2.33. The van der Waals surface area contributed by atoms with Gasteiger partial charge >= 0.3 is 0 Å². The lowest BCUT2D eigenvalue weighted by atomic mass is 10.1. The van der Waals surface area contributed by atoms with Crippen molar-refractivity contribution in [1.82, 2.24) is 9.55 Å². The van der Waals surface area contributed by atoms with Crippen molar-refractivity contribution in [3.63, 3.8) is 0 Å². The molecule has 0 amide bonds. The van der Waals surface area contributed by atoms with Gasteiger partial charge in [0.15, 0.2) is 0 Å². The van der Waals surface area contributed by atoms with E-state index in [-0.39, 0.29) is 0 Å². The molecule has 3 aromatic carbocycles. The predicted octanol–water partition coefficient (Wildman–Crippen LogP) is 4.95. The van der Waals surface area contributed by atoms with Gasteiger partial charge in [-0.25, -0.2) is 4.98 Å². The normalized spacial score (nSPS) is 11.0. The van der Waals surface area contributed by atoms with Crippen LogP contribution in [0.5, 0.6) is 0 Å². The summed E-state index contributed by atoms with van der Waals surface area (Å²) in [6.07, 6.45) is 1.00. The Bertz CT molecular complexity index is 908. The van der Waals surface area contributed by atoms with Crippen LogP contribution in [0.15, 0.2) is 84.9 Å². The first kappa shape index (κ1) is 13.8. The fourth-order valence-electron chi connectivity index (χ4n) is 3.00. The van der Waals surface area contributed by atoms with Crippen molar-refractivity contribution in [3.8, 4) is 11.4 Å². The maximum Gasteiger partial charge on any atom is 0.141 e. The third-order valence-corrected chi connectivity index (χ3v) is 4.15. The van der Waals surface area contributed by atoms with Gasteiger partial charge in [0.2, 0.25) is 0 Å². The molecule has 0 aliphatic rings. The van der Waals surface area contributed by atoms with Gasteiger partial charge in [-0.2, -0.15) is 0 Å². The minimum atomic E-state index is 0.925. The maximum atomic E-state index is 4.86. The zero-order valence-corrected chi connectivity index (χ0v) is 12.9. The summed E-state index contributed by atoms with van der Waals surface area (Å²) in [5.74, 6) is 1.04. The highest BCUT2D eigenvalue weighted by Gasteiger charge is 2.11. The van der Waals surface area contributed by atoms with E-state index in [1.54, 1.807) is 0 Å².